The SMILES string of the molecule is Cc1ccc(F)cc1NS(=O)(=O)c1ccc(N)cc1. The van der Waals surface area contributed by atoms with E-state index in [1.807, 2.05) is 0 Å². The zero-order valence-electron chi connectivity index (χ0n) is 10.2. The van der Waals surface area contributed by atoms with E-state index in [4.69, 9.17) is 5.73 Å². The molecule has 0 saturated carbocycles. The van der Waals surface area contributed by atoms with Gasteiger partial charge in [0.15, 0.2) is 0 Å². The number of benzene rings is 2. The van der Waals surface area contributed by atoms with Gasteiger partial charge in [-0.25, -0.2) is 12.8 Å². The number of hydrogen-bond donors (Lipinski definition) is 2. The van der Waals surface area contributed by atoms with Gasteiger partial charge in [-0.1, -0.05) is 6.07 Å². The molecule has 0 bridgehead atoms. The van der Waals surface area contributed by atoms with Crippen LogP contribution in [0.2, 0.25) is 0 Å². The number of hydrogen-bond acceptors (Lipinski definition) is 3. The highest BCUT2D eigenvalue weighted by molar-refractivity contribution is 7.92. The van der Waals surface area contributed by atoms with Crippen molar-refractivity contribution in [3.63, 3.8) is 0 Å². The molecule has 0 heterocycles. The van der Waals surface area contributed by atoms with Crippen molar-refractivity contribution in [2.45, 2.75) is 11.8 Å². The molecule has 0 fully saturated rings. The van der Waals surface area contributed by atoms with Crippen LogP contribution in [0, 0.1) is 12.7 Å². The van der Waals surface area contributed by atoms with Crippen LogP contribution in [0.4, 0.5) is 15.8 Å². The third-order valence-corrected chi connectivity index (χ3v) is 4.02. The van der Waals surface area contributed by atoms with Crippen LogP contribution in [0.5, 0.6) is 0 Å². The molecule has 0 aliphatic carbocycles. The molecule has 0 saturated heterocycles. The van der Waals surface area contributed by atoms with Crippen LogP contribution in [0.3, 0.4) is 0 Å². The van der Waals surface area contributed by atoms with E-state index in [2.05, 4.69) is 4.72 Å². The molecule has 0 aliphatic heterocycles. The monoisotopic (exact) mass is 280 g/mol. The largest absolute Gasteiger partial charge is 0.399 e. The quantitative estimate of drug-likeness (QED) is 0.848. The Kier molecular flexibility index (Phi) is 3.44. The smallest absolute Gasteiger partial charge is 0.261 e. The maximum Gasteiger partial charge on any atom is 0.261 e. The fourth-order valence-corrected chi connectivity index (χ4v) is 2.68. The van der Waals surface area contributed by atoms with Gasteiger partial charge in [-0.05, 0) is 48.9 Å². The third-order valence-electron chi connectivity index (χ3n) is 2.63. The molecule has 6 heteroatoms. The van der Waals surface area contributed by atoms with Gasteiger partial charge < -0.3 is 5.73 Å². The Bertz CT molecular complexity index is 697. The highest BCUT2D eigenvalue weighted by Crippen LogP contribution is 2.21. The number of aryl methyl sites for hydroxylation is 1. The normalized spacial score (nSPS) is 11.3. The van der Waals surface area contributed by atoms with E-state index in [0.717, 1.165) is 6.07 Å². The summed E-state index contributed by atoms with van der Waals surface area (Å²) in [5.41, 5.74) is 6.83. The fourth-order valence-electron chi connectivity index (χ4n) is 1.55. The van der Waals surface area contributed by atoms with E-state index in [1.165, 1.54) is 36.4 Å². The van der Waals surface area contributed by atoms with Crippen molar-refractivity contribution >= 4 is 21.4 Å². The lowest BCUT2D eigenvalue weighted by atomic mass is 10.2. The second-order valence-electron chi connectivity index (χ2n) is 4.13. The van der Waals surface area contributed by atoms with Gasteiger partial charge in [0.2, 0.25) is 0 Å². The molecule has 2 aromatic carbocycles. The number of sulfonamides is 1. The van der Waals surface area contributed by atoms with Gasteiger partial charge in [0.1, 0.15) is 5.82 Å². The number of nitrogen functional groups attached to an aromatic ring is 1. The Morgan fingerprint density at radius 2 is 1.74 bits per heavy atom. The van der Waals surface area contributed by atoms with Gasteiger partial charge in [0.05, 0.1) is 10.6 Å². The summed E-state index contributed by atoms with van der Waals surface area (Å²) < 4.78 is 39.7. The van der Waals surface area contributed by atoms with Gasteiger partial charge in [-0.2, -0.15) is 0 Å². The van der Waals surface area contributed by atoms with Crippen LogP contribution in [0.15, 0.2) is 47.4 Å². The lowest BCUT2D eigenvalue weighted by Crippen LogP contribution is -2.14. The summed E-state index contributed by atoms with van der Waals surface area (Å²) in [5.74, 6) is -0.499. The minimum atomic E-state index is -3.74. The molecule has 100 valence electrons. The fraction of sp³-hybridized carbons (Fsp3) is 0.0769. The predicted octanol–water partition coefficient (Wildman–Crippen LogP) is 2.52. The van der Waals surface area contributed by atoms with Crippen molar-refractivity contribution < 1.29 is 12.8 Å². The van der Waals surface area contributed by atoms with Crippen LogP contribution < -0.4 is 10.5 Å². The molecular weight excluding hydrogens is 267 g/mol. The lowest BCUT2D eigenvalue weighted by molar-refractivity contribution is 0.601. The van der Waals surface area contributed by atoms with Crippen LogP contribution in [-0.4, -0.2) is 8.42 Å². The number of anilines is 2. The third kappa shape index (κ3) is 3.03. The molecule has 0 aromatic heterocycles. The molecule has 4 nitrogen and oxygen atoms in total. The molecule has 0 amide bonds. The summed E-state index contributed by atoms with van der Waals surface area (Å²) in [7, 11) is -3.74. The first-order valence-electron chi connectivity index (χ1n) is 5.53. The van der Waals surface area contributed by atoms with E-state index in [1.54, 1.807) is 6.92 Å². The minimum Gasteiger partial charge on any atom is -0.399 e. The molecule has 0 aliphatic rings. The van der Waals surface area contributed by atoms with Crippen LogP contribution in [0.25, 0.3) is 0 Å². The summed E-state index contributed by atoms with van der Waals surface area (Å²) in [6.45, 7) is 1.69. The summed E-state index contributed by atoms with van der Waals surface area (Å²) in [6, 6.07) is 9.70. The van der Waals surface area contributed by atoms with Crippen LogP contribution >= 0.6 is 0 Å². The highest BCUT2D eigenvalue weighted by Gasteiger charge is 2.15. The van der Waals surface area contributed by atoms with E-state index in [0.29, 0.717) is 11.3 Å². The topological polar surface area (TPSA) is 72.2 Å². The van der Waals surface area contributed by atoms with Gasteiger partial charge in [-0.3, -0.25) is 4.72 Å². The van der Waals surface area contributed by atoms with Gasteiger partial charge in [0, 0.05) is 5.69 Å². The Labute approximate surface area is 111 Å². The van der Waals surface area contributed by atoms with Gasteiger partial charge >= 0.3 is 0 Å². The molecular formula is C13H13FN2O2S. The molecule has 2 rings (SSSR count). The maximum atomic E-state index is 13.1. The maximum absolute atomic E-state index is 13.1. The minimum absolute atomic E-state index is 0.0744. The second kappa shape index (κ2) is 4.89. The van der Waals surface area contributed by atoms with Gasteiger partial charge in [0.25, 0.3) is 10.0 Å². The Balaban J connectivity index is 2.36. The molecule has 0 radical (unpaired) electrons. The van der Waals surface area contributed by atoms with E-state index >= 15 is 0 Å². The number of nitrogens with two attached hydrogens (primary N) is 1. The van der Waals surface area contributed by atoms with Crippen molar-refractivity contribution in [3.8, 4) is 0 Å². The Morgan fingerprint density at radius 3 is 2.37 bits per heavy atom. The number of halogens is 1. The summed E-state index contributed by atoms with van der Waals surface area (Å²) in [5, 5.41) is 0. The summed E-state index contributed by atoms with van der Waals surface area (Å²) >= 11 is 0. The van der Waals surface area contributed by atoms with Crippen molar-refractivity contribution in [2.75, 3.05) is 10.5 Å². The Hall–Kier alpha value is -2.08. The molecule has 0 spiro atoms. The zero-order chi connectivity index (χ0) is 14.0. The first kappa shape index (κ1) is 13.4. The average molecular weight is 280 g/mol. The number of nitrogens with one attached hydrogen (secondary N) is 1. The van der Waals surface area contributed by atoms with Crippen molar-refractivity contribution in [1.29, 1.82) is 0 Å². The van der Waals surface area contributed by atoms with E-state index < -0.39 is 15.8 Å². The van der Waals surface area contributed by atoms with E-state index in [-0.39, 0.29) is 10.6 Å². The Morgan fingerprint density at radius 1 is 1.11 bits per heavy atom. The molecule has 19 heavy (non-hydrogen) atoms. The van der Waals surface area contributed by atoms with Crippen LogP contribution in [0.1, 0.15) is 5.56 Å². The first-order chi connectivity index (χ1) is 8.88. The molecule has 2 aromatic rings. The summed E-state index contributed by atoms with van der Waals surface area (Å²) in [4.78, 5) is 0.0744. The van der Waals surface area contributed by atoms with Crippen molar-refractivity contribution in [2.24, 2.45) is 0 Å². The second-order valence-corrected chi connectivity index (χ2v) is 5.82. The first-order valence-corrected chi connectivity index (χ1v) is 7.01. The average Bonchev–Trinajstić information content (AvgIpc) is 2.34. The number of rotatable bonds is 3. The van der Waals surface area contributed by atoms with Crippen LogP contribution in [-0.2, 0) is 10.0 Å². The predicted molar refractivity (Wildman–Crippen MR) is 72.8 cm³/mol. The zero-order valence-corrected chi connectivity index (χ0v) is 11.0. The van der Waals surface area contributed by atoms with Crippen molar-refractivity contribution in [1.82, 2.24) is 0 Å². The van der Waals surface area contributed by atoms with Crippen molar-refractivity contribution in [3.05, 3.63) is 53.8 Å². The van der Waals surface area contributed by atoms with E-state index in [9.17, 15) is 12.8 Å². The summed E-state index contributed by atoms with van der Waals surface area (Å²) in [6.07, 6.45) is 0. The molecule has 3 N–H and O–H groups in total. The van der Waals surface area contributed by atoms with Gasteiger partial charge in [-0.15, -0.1) is 0 Å². The lowest BCUT2D eigenvalue weighted by Gasteiger charge is -2.10. The standard InChI is InChI=1S/C13H13FN2O2S/c1-9-2-3-10(14)8-13(9)16-19(17,18)12-6-4-11(15)5-7-12/h2-8,16H,15H2,1H3. The molecule has 0 unspecified atom stereocenters. The molecule has 0 atom stereocenters. The highest BCUT2D eigenvalue weighted by atomic mass is 32.2.